The lowest BCUT2D eigenvalue weighted by atomic mass is 10.00. The highest BCUT2D eigenvalue weighted by atomic mass is 16.5. The zero-order chi connectivity index (χ0) is 20.1. The van der Waals surface area contributed by atoms with Crippen molar-refractivity contribution in [2.24, 2.45) is 0 Å². The molecule has 0 atom stereocenters. The molecular weight excluding hydrogens is 354 g/mol. The number of benzene rings is 2. The van der Waals surface area contributed by atoms with Gasteiger partial charge in [-0.2, -0.15) is 0 Å². The van der Waals surface area contributed by atoms with Crippen molar-refractivity contribution in [1.29, 1.82) is 0 Å². The lowest BCUT2D eigenvalue weighted by Crippen LogP contribution is -2.50. The second-order valence-corrected chi connectivity index (χ2v) is 7.18. The van der Waals surface area contributed by atoms with Crippen molar-refractivity contribution >= 4 is 17.4 Å². The number of nitrogens with zero attached hydrogens (tertiary/aromatic N) is 2. The quantitative estimate of drug-likeness (QED) is 0.841. The molecule has 0 bridgehead atoms. The van der Waals surface area contributed by atoms with Crippen molar-refractivity contribution in [1.82, 2.24) is 4.90 Å². The molecule has 150 valence electrons. The number of nitrogens with one attached hydrogen (secondary N) is 1. The van der Waals surface area contributed by atoms with Crippen LogP contribution in [0.3, 0.4) is 0 Å². The molecule has 0 aliphatic carbocycles. The highest BCUT2D eigenvalue weighted by Gasteiger charge is 2.23. The average Bonchev–Trinajstić information content (AvgIpc) is 2.74. The molecule has 3 rings (SSSR count). The van der Waals surface area contributed by atoms with Gasteiger partial charge in [-0.25, -0.2) is 4.79 Å². The summed E-state index contributed by atoms with van der Waals surface area (Å²) in [6.07, 6.45) is 0. The van der Waals surface area contributed by atoms with Crippen molar-refractivity contribution in [3.8, 4) is 11.5 Å². The van der Waals surface area contributed by atoms with Gasteiger partial charge in [0, 0.05) is 37.9 Å². The summed E-state index contributed by atoms with van der Waals surface area (Å²) >= 11 is 0. The van der Waals surface area contributed by atoms with Gasteiger partial charge in [0.1, 0.15) is 11.5 Å². The molecule has 1 aliphatic rings. The van der Waals surface area contributed by atoms with E-state index < -0.39 is 0 Å². The van der Waals surface area contributed by atoms with E-state index in [2.05, 4.69) is 48.3 Å². The third kappa shape index (κ3) is 4.32. The van der Waals surface area contributed by atoms with E-state index in [1.807, 2.05) is 4.90 Å². The van der Waals surface area contributed by atoms with Gasteiger partial charge in [-0.15, -0.1) is 0 Å². The average molecular weight is 383 g/mol. The molecule has 2 amide bonds. The number of carbonyl (C=O) groups excluding carboxylic acids is 1. The summed E-state index contributed by atoms with van der Waals surface area (Å²) in [4.78, 5) is 16.9. The van der Waals surface area contributed by atoms with Crippen LogP contribution in [0.15, 0.2) is 42.5 Å². The third-order valence-electron chi connectivity index (χ3n) is 5.12. The van der Waals surface area contributed by atoms with Gasteiger partial charge in [0.25, 0.3) is 0 Å². The maximum atomic E-state index is 12.7. The van der Waals surface area contributed by atoms with Gasteiger partial charge in [0.2, 0.25) is 0 Å². The first kappa shape index (κ1) is 19.9. The zero-order valence-electron chi connectivity index (χ0n) is 17.1. The summed E-state index contributed by atoms with van der Waals surface area (Å²) in [6, 6.07) is 13.8. The first-order valence-electron chi connectivity index (χ1n) is 9.65. The van der Waals surface area contributed by atoms with Crippen LogP contribution in [0.25, 0.3) is 0 Å². The Morgan fingerprint density at radius 1 is 1.00 bits per heavy atom. The fraction of sp³-hybridized carbons (Fsp3) is 0.409. The zero-order valence-corrected chi connectivity index (χ0v) is 17.1. The van der Waals surface area contributed by atoms with E-state index in [4.69, 9.17) is 9.47 Å². The van der Waals surface area contributed by atoms with Crippen molar-refractivity contribution in [2.45, 2.75) is 19.8 Å². The number of urea groups is 1. The number of hydrogen-bond donors (Lipinski definition) is 1. The van der Waals surface area contributed by atoms with Crippen molar-refractivity contribution in [3.63, 3.8) is 0 Å². The van der Waals surface area contributed by atoms with Crippen molar-refractivity contribution in [2.75, 3.05) is 50.6 Å². The molecule has 1 saturated heterocycles. The number of amides is 2. The normalized spacial score (nSPS) is 14.2. The Balaban J connectivity index is 1.63. The molecule has 0 aromatic heterocycles. The summed E-state index contributed by atoms with van der Waals surface area (Å²) in [5, 5.41) is 2.95. The fourth-order valence-electron chi connectivity index (χ4n) is 3.51. The number of hydrogen-bond acceptors (Lipinski definition) is 4. The van der Waals surface area contributed by atoms with Gasteiger partial charge in [0.05, 0.1) is 19.9 Å². The molecule has 1 fully saturated rings. The Hall–Kier alpha value is -2.89. The Labute approximate surface area is 167 Å². The predicted molar refractivity (Wildman–Crippen MR) is 113 cm³/mol. The second-order valence-electron chi connectivity index (χ2n) is 7.18. The van der Waals surface area contributed by atoms with Gasteiger partial charge < -0.3 is 24.6 Å². The molecular formula is C22H29N3O3. The van der Waals surface area contributed by atoms with Gasteiger partial charge in [-0.1, -0.05) is 32.0 Å². The van der Waals surface area contributed by atoms with Crippen LogP contribution in [0.1, 0.15) is 25.3 Å². The van der Waals surface area contributed by atoms with Crippen LogP contribution in [0, 0.1) is 0 Å². The maximum absolute atomic E-state index is 12.7. The van der Waals surface area contributed by atoms with Gasteiger partial charge in [0.15, 0.2) is 0 Å². The lowest BCUT2D eigenvalue weighted by molar-refractivity contribution is 0.208. The maximum Gasteiger partial charge on any atom is 0.322 e. The second kappa shape index (κ2) is 8.87. The van der Waals surface area contributed by atoms with Gasteiger partial charge in [-0.05, 0) is 29.7 Å². The third-order valence-corrected chi connectivity index (χ3v) is 5.12. The Kier molecular flexibility index (Phi) is 6.29. The number of methoxy groups -OCH3 is 2. The van der Waals surface area contributed by atoms with Crippen molar-refractivity contribution < 1.29 is 14.3 Å². The van der Waals surface area contributed by atoms with E-state index in [9.17, 15) is 4.79 Å². The molecule has 0 saturated carbocycles. The number of rotatable bonds is 5. The highest BCUT2D eigenvalue weighted by Crippen LogP contribution is 2.30. The Morgan fingerprint density at radius 3 is 2.36 bits per heavy atom. The first-order valence-corrected chi connectivity index (χ1v) is 9.65. The van der Waals surface area contributed by atoms with Crippen molar-refractivity contribution in [3.05, 3.63) is 48.0 Å². The standard InChI is InChI=1S/C22H29N3O3/c1-16(2)18-7-5-6-8-20(18)24-11-13-25(14-12-24)22(26)23-19-10-9-17(27-3)15-21(19)28-4/h5-10,15-16H,11-14H2,1-4H3,(H,23,26). The molecule has 1 N–H and O–H groups in total. The minimum atomic E-state index is -0.111. The van der Waals surface area contributed by atoms with E-state index in [0.717, 1.165) is 13.1 Å². The fourth-order valence-corrected chi connectivity index (χ4v) is 3.51. The molecule has 1 heterocycles. The molecule has 2 aromatic rings. The summed E-state index contributed by atoms with van der Waals surface area (Å²) in [5.74, 6) is 1.74. The predicted octanol–water partition coefficient (Wildman–Crippen LogP) is 4.18. The van der Waals surface area contributed by atoms with E-state index in [1.165, 1.54) is 11.3 Å². The van der Waals surface area contributed by atoms with E-state index in [0.29, 0.717) is 36.2 Å². The van der Waals surface area contributed by atoms with Gasteiger partial charge >= 0.3 is 6.03 Å². The Morgan fingerprint density at radius 2 is 1.71 bits per heavy atom. The minimum Gasteiger partial charge on any atom is -0.497 e. The summed E-state index contributed by atoms with van der Waals surface area (Å²) in [7, 11) is 3.18. The first-order chi connectivity index (χ1) is 13.5. The summed E-state index contributed by atoms with van der Waals surface area (Å²) < 4.78 is 10.6. The van der Waals surface area contributed by atoms with Gasteiger partial charge in [-0.3, -0.25) is 0 Å². The SMILES string of the molecule is COc1ccc(NC(=O)N2CCN(c3ccccc3C(C)C)CC2)c(OC)c1. The van der Waals surface area contributed by atoms with Crippen LogP contribution < -0.4 is 19.7 Å². The molecule has 0 spiro atoms. The van der Waals surface area contributed by atoms with Crippen LogP contribution in [-0.4, -0.2) is 51.3 Å². The number of piperazine rings is 1. The Bertz CT molecular complexity index is 814. The molecule has 6 nitrogen and oxygen atoms in total. The van der Waals surface area contributed by atoms with E-state index in [1.54, 1.807) is 32.4 Å². The number of carbonyl (C=O) groups is 1. The number of anilines is 2. The van der Waals surface area contributed by atoms with Crippen LogP contribution in [0.5, 0.6) is 11.5 Å². The van der Waals surface area contributed by atoms with Crippen LogP contribution in [-0.2, 0) is 0 Å². The van der Waals surface area contributed by atoms with E-state index in [-0.39, 0.29) is 6.03 Å². The van der Waals surface area contributed by atoms with E-state index >= 15 is 0 Å². The molecule has 0 unspecified atom stereocenters. The lowest BCUT2D eigenvalue weighted by Gasteiger charge is -2.37. The molecule has 1 aliphatic heterocycles. The van der Waals surface area contributed by atoms with Crippen LogP contribution >= 0.6 is 0 Å². The van der Waals surface area contributed by atoms with Crippen LogP contribution in [0.2, 0.25) is 0 Å². The number of para-hydroxylation sites is 1. The topological polar surface area (TPSA) is 54.0 Å². The highest BCUT2D eigenvalue weighted by molar-refractivity contribution is 5.91. The largest absolute Gasteiger partial charge is 0.497 e. The summed E-state index contributed by atoms with van der Waals surface area (Å²) in [5.41, 5.74) is 3.26. The number of ether oxygens (including phenoxy) is 2. The molecule has 28 heavy (non-hydrogen) atoms. The van der Waals surface area contributed by atoms with Crippen LogP contribution in [0.4, 0.5) is 16.2 Å². The summed E-state index contributed by atoms with van der Waals surface area (Å²) in [6.45, 7) is 7.41. The molecule has 2 aromatic carbocycles. The smallest absolute Gasteiger partial charge is 0.322 e. The molecule has 0 radical (unpaired) electrons. The molecule has 6 heteroatoms. The minimum absolute atomic E-state index is 0.111. The monoisotopic (exact) mass is 383 g/mol.